The number of nitrogens with one attached hydrogen (secondary N) is 1. The van der Waals surface area contributed by atoms with Gasteiger partial charge in [-0.25, -0.2) is 0 Å². The van der Waals surface area contributed by atoms with Crippen LogP contribution in [0.15, 0.2) is 24.8 Å². The van der Waals surface area contributed by atoms with Crippen LogP contribution in [0.25, 0.3) is 0 Å². The van der Waals surface area contributed by atoms with E-state index in [2.05, 4.69) is 58.9 Å². The van der Waals surface area contributed by atoms with Crippen molar-refractivity contribution in [2.75, 3.05) is 32.8 Å². The minimum absolute atomic E-state index is 0. The van der Waals surface area contributed by atoms with E-state index in [1.807, 2.05) is 13.1 Å². The number of hydrogen-bond donors (Lipinski definition) is 3. The van der Waals surface area contributed by atoms with E-state index in [4.69, 9.17) is 9.47 Å². The fourth-order valence-electron chi connectivity index (χ4n) is 17.8. The average molecular weight is 1070 g/mol. The Kier molecular flexibility index (Phi) is 19.0. The number of ether oxygens (including phenoxy) is 2. The highest BCUT2D eigenvalue weighted by Gasteiger charge is 2.64. The number of fused-ring (bicyclic) bond motifs is 10. The molecule has 14 heteroatoms. The van der Waals surface area contributed by atoms with E-state index in [-0.39, 0.29) is 62.7 Å². The first-order chi connectivity index (χ1) is 32.1. The number of hydrogen-bond acceptors (Lipinski definition) is 8. The number of ketones is 2. The van der Waals surface area contributed by atoms with E-state index in [0.29, 0.717) is 59.3 Å². The zero-order chi connectivity index (χ0) is 49.1. The maximum absolute atomic E-state index is 13.3. The largest absolute Gasteiger partial charge is 0.419 e. The third-order valence-electron chi connectivity index (χ3n) is 21.3. The summed E-state index contributed by atoms with van der Waals surface area (Å²) in [5.41, 5.74) is -0.246. The molecule has 0 saturated heterocycles. The summed E-state index contributed by atoms with van der Waals surface area (Å²) in [7, 11) is 3.36. The Morgan fingerprint density at radius 1 is 0.690 bits per heavy atom. The maximum Gasteiger partial charge on any atom is 0.419 e. The molecular formula is C57H94BrF3N4O6. The number of aryl methyl sites for hydroxylation is 1. The smallest absolute Gasteiger partial charge is 0.387 e. The SMILES string of the molecule is C.C.C.COC[C@@]1(O)CC[C@@]2(C)[C@@H](CC[C@@H]3[C@@H]2CC[C@]2(C)[C@@H](C(=O)CBr)CC[C@@H]32)C1.COC[C@@]1(O)CC[C@@]2(C)[C@@H](CC[C@@H]3[C@@H]2CC[C@]2(C)[C@@H](C(=O)Cn4cc(C(F)(F)F)cn4)CC[C@@H]32)C1.Cc1cn[nH]c1. The molecule has 10 rings (SSSR count). The van der Waals surface area contributed by atoms with E-state index in [9.17, 15) is 33.0 Å². The van der Waals surface area contributed by atoms with Gasteiger partial charge in [0.15, 0.2) is 5.78 Å². The van der Waals surface area contributed by atoms with Gasteiger partial charge in [0.1, 0.15) is 5.78 Å². The third-order valence-corrected chi connectivity index (χ3v) is 21.8. The lowest BCUT2D eigenvalue weighted by atomic mass is 9.44. The molecule has 0 spiro atoms. The molecule has 2 aromatic heterocycles. The van der Waals surface area contributed by atoms with Crippen LogP contribution in [0.4, 0.5) is 13.2 Å². The minimum atomic E-state index is -4.45. The van der Waals surface area contributed by atoms with Crippen LogP contribution in [0.2, 0.25) is 0 Å². The zero-order valence-corrected chi connectivity index (χ0v) is 43.6. The van der Waals surface area contributed by atoms with Crippen LogP contribution < -0.4 is 0 Å². The normalized spacial score (nSPS) is 41.9. The van der Waals surface area contributed by atoms with Crippen molar-refractivity contribution in [3.63, 3.8) is 0 Å². The molecule has 2 heterocycles. The van der Waals surface area contributed by atoms with Crippen LogP contribution in [-0.2, 0) is 31.8 Å². The van der Waals surface area contributed by atoms with Gasteiger partial charge in [-0.1, -0.05) is 65.9 Å². The second-order valence-corrected chi connectivity index (χ2v) is 25.2. The van der Waals surface area contributed by atoms with Gasteiger partial charge in [0.2, 0.25) is 0 Å². The lowest BCUT2D eigenvalue weighted by Gasteiger charge is -2.62. The zero-order valence-electron chi connectivity index (χ0n) is 42.0. The van der Waals surface area contributed by atoms with Gasteiger partial charge in [-0.2, -0.15) is 23.4 Å². The molecule has 8 fully saturated rings. The Bertz CT molecular complexity index is 2070. The summed E-state index contributed by atoms with van der Waals surface area (Å²) in [6.45, 7) is 12.4. The Morgan fingerprint density at radius 2 is 1.15 bits per heavy atom. The lowest BCUT2D eigenvalue weighted by Crippen LogP contribution is -2.56. The Labute approximate surface area is 434 Å². The molecule has 16 atom stereocenters. The molecule has 8 saturated carbocycles. The molecule has 10 nitrogen and oxygen atoms in total. The predicted molar refractivity (Wildman–Crippen MR) is 279 cm³/mol. The van der Waals surface area contributed by atoms with E-state index in [1.54, 1.807) is 20.4 Å². The van der Waals surface area contributed by atoms with Crippen molar-refractivity contribution < 1.29 is 42.4 Å². The molecule has 3 N–H and O–H groups in total. The standard InChI is InChI=1S/C27H39F3N2O3.C23H37BrO3.C4H6N2.3CH4/c1-24-10-11-26(34,16-35-3)12-17(24)4-5-19-20-6-7-22(25(20,2)9-8-21(19)24)23(33)15-32-14-18(13-31-32)27(28,29)30;1-21-10-11-23(26,14-27-3)12-15(21)4-5-16-17-6-7-19(20(25)13-24)22(17,2)9-8-18(16)21;1-4-2-5-6-3-4;;;/h13-14,17,19-22,34H,4-12,15-16H2,1-3H3;15-19,26H,4-14H2,1-3H3;2-3H,1H3,(H,5,6);3*1H4/t17-,19-,20-,21-,22+,24-,25-,26+;15-,16-,17-,18-,19+,21-,22-,23+;;;;/m00..../s1. The van der Waals surface area contributed by atoms with Crippen LogP contribution in [-0.4, -0.2) is 85.7 Å². The number of aromatic nitrogens is 4. The highest BCUT2D eigenvalue weighted by molar-refractivity contribution is 9.09. The molecule has 0 bridgehead atoms. The van der Waals surface area contributed by atoms with Crippen LogP contribution >= 0.6 is 15.9 Å². The number of Topliss-reactive ketones (excluding diaryl/α,β-unsaturated/α-hetero) is 2. The van der Waals surface area contributed by atoms with Gasteiger partial charge < -0.3 is 19.7 Å². The van der Waals surface area contributed by atoms with Gasteiger partial charge in [-0.05, 0) is 197 Å². The summed E-state index contributed by atoms with van der Waals surface area (Å²) in [5.74, 6) is 5.70. The summed E-state index contributed by atoms with van der Waals surface area (Å²) in [6.07, 6.45) is 20.0. The summed E-state index contributed by atoms with van der Waals surface area (Å²) in [4.78, 5) is 25.9. The molecular weight excluding hydrogens is 974 g/mol. The Morgan fingerprint density at radius 3 is 1.54 bits per heavy atom. The van der Waals surface area contributed by atoms with E-state index in [0.717, 1.165) is 118 Å². The first-order valence-electron chi connectivity index (χ1n) is 26.2. The number of carbonyl (C=O) groups excluding carboxylic acids is 2. The van der Waals surface area contributed by atoms with E-state index in [1.165, 1.54) is 37.7 Å². The number of H-pyrrole nitrogens is 1. The van der Waals surface area contributed by atoms with Crippen molar-refractivity contribution >= 4 is 27.5 Å². The minimum Gasteiger partial charge on any atom is -0.387 e. The van der Waals surface area contributed by atoms with Gasteiger partial charge in [-0.3, -0.25) is 19.4 Å². The first kappa shape index (κ1) is 59.7. The number of rotatable bonds is 9. The van der Waals surface area contributed by atoms with Crippen molar-refractivity contribution in [2.45, 2.75) is 196 Å². The molecule has 0 unspecified atom stereocenters. The second-order valence-electron chi connectivity index (χ2n) is 24.7. The summed E-state index contributed by atoms with van der Waals surface area (Å²) in [6, 6.07) is 0. The van der Waals surface area contributed by atoms with Crippen molar-refractivity contribution in [1.29, 1.82) is 0 Å². The highest BCUT2D eigenvalue weighted by Crippen LogP contribution is 2.70. The average Bonchev–Trinajstić information content (AvgIpc) is 4.11. The van der Waals surface area contributed by atoms with E-state index < -0.39 is 22.9 Å². The predicted octanol–water partition coefficient (Wildman–Crippen LogP) is 13.1. The van der Waals surface area contributed by atoms with Gasteiger partial charge in [0.05, 0.1) is 54.2 Å². The monoisotopic (exact) mass is 1070 g/mol. The number of methoxy groups -OCH3 is 2. The van der Waals surface area contributed by atoms with Gasteiger partial charge in [0, 0.05) is 38.4 Å². The maximum atomic E-state index is 13.3. The summed E-state index contributed by atoms with van der Waals surface area (Å²) >= 11 is 3.43. The summed E-state index contributed by atoms with van der Waals surface area (Å²) in [5, 5.41) is 32.7. The third kappa shape index (κ3) is 11.2. The number of aliphatic hydroxyl groups is 2. The first-order valence-corrected chi connectivity index (χ1v) is 27.3. The van der Waals surface area contributed by atoms with Crippen molar-refractivity contribution in [3.05, 3.63) is 35.9 Å². The molecule has 71 heavy (non-hydrogen) atoms. The van der Waals surface area contributed by atoms with Crippen LogP contribution in [0.5, 0.6) is 0 Å². The molecule has 0 amide bonds. The fraction of sp³-hybridized carbons (Fsp3) is 0.860. The number of halogens is 4. The topological polar surface area (TPSA) is 140 Å². The van der Waals surface area contributed by atoms with Crippen molar-refractivity contribution in [3.8, 4) is 0 Å². The molecule has 8 aliphatic rings. The quantitative estimate of drug-likeness (QED) is 0.211. The Balaban J connectivity index is 0.000000232. The Hall–Kier alpha value is -2.13. The van der Waals surface area contributed by atoms with Gasteiger partial charge in [-0.15, -0.1) is 0 Å². The number of alkyl halides is 4. The number of carbonyl (C=O) groups is 2. The van der Waals surface area contributed by atoms with Crippen LogP contribution in [0, 0.1) is 87.8 Å². The number of nitrogens with zero attached hydrogens (tertiary/aromatic N) is 3. The molecule has 8 aliphatic carbocycles. The molecule has 0 aromatic carbocycles. The molecule has 0 aliphatic heterocycles. The van der Waals surface area contributed by atoms with Gasteiger partial charge >= 0.3 is 6.18 Å². The molecule has 2 aromatic rings. The van der Waals surface area contributed by atoms with Crippen LogP contribution in [0.1, 0.15) is 177 Å². The molecule has 406 valence electrons. The van der Waals surface area contributed by atoms with E-state index >= 15 is 0 Å². The molecule has 0 radical (unpaired) electrons. The van der Waals surface area contributed by atoms with Crippen molar-refractivity contribution in [1.82, 2.24) is 20.0 Å². The fourth-order valence-corrected chi connectivity index (χ4v) is 18.2. The number of aromatic amines is 1. The van der Waals surface area contributed by atoms with Crippen LogP contribution in [0.3, 0.4) is 0 Å². The summed E-state index contributed by atoms with van der Waals surface area (Å²) < 4.78 is 50.7. The van der Waals surface area contributed by atoms with Gasteiger partial charge in [0.25, 0.3) is 0 Å². The second kappa shape index (κ2) is 22.6. The highest BCUT2D eigenvalue weighted by atomic mass is 79.9. The van der Waals surface area contributed by atoms with Crippen molar-refractivity contribution in [2.24, 2.45) is 80.8 Å². The lowest BCUT2D eigenvalue weighted by molar-refractivity contribution is -0.164.